The smallest absolute Gasteiger partial charge is 0.361 e. The van der Waals surface area contributed by atoms with Crippen molar-refractivity contribution in [2.75, 3.05) is 47.5 Å². The summed E-state index contributed by atoms with van der Waals surface area (Å²) in [5, 5.41) is 9.76. The van der Waals surface area contributed by atoms with Gasteiger partial charge in [0.2, 0.25) is 0 Å². The van der Waals surface area contributed by atoms with Crippen LogP contribution >= 0.6 is 0 Å². The summed E-state index contributed by atoms with van der Waals surface area (Å²) in [5.74, 6) is -1.98. The maximum Gasteiger partial charge on any atom is 0.361 e. The molecule has 0 fully saturated rings. The molecule has 0 aromatic rings. The Hall–Kier alpha value is -2.75. The Kier molecular flexibility index (Phi) is 69.9. The zero-order chi connectivity index (χ0) is 65.4. The van der Waals surface area contributed by atoms with Gasteiger partial charge in [-0.1, -0.05) is 377 Å². The Balaban J connectivity index is 3.95. The summed E-state index contributed by atoms with van der Waals surface area (Å²) < 4.78 is 23.0. The first-order valence-electron chi connectivity index (χ1n) is 39.3. The number of rotatable bonds is 74. The number of carbonyl (C=O) groups excluding carboxylic acids is 2. The summed E-state index contributed by atoms with van der Waals surface area (Å²) in [4.78, 5) is 37.7. The number of allylic oxidation sites excluding steroid dienone is 8. The lowest BCUT2D eigenvalue weighted by atomic mass is 10.0. The van der Waals surface area contributed by atoms with Gasteiger partial charge in [0.15, 0.2) is 6.10 Å². The van der Waals surface area contributed by atoms with Crippen molar-refractivity contribution >= 4 is 17.9 Å². The lowest BCUT2D eigenvalue weighted by Gasteiger charge is -2.25. The van der Waals surface area contributed by atoms with Crippen LogP contribution in [0.1, 0.15) is 393 Å². The van der Waals surface area contributed by atoms with Crippen LogP contribution in [0, 0.1) is 0 Å². The van der Waals surface area contributed by atoms with E-state index in [1.807, 2.05) is 21.1 Å². The minimum Gasteiger partial charge on any atom is -0.477 e. The lowest BCUT2D eigenvalue weighted by molar-refractivity contribution is -0.870. The minimum absolute atomic E-state index is 0.178. The summed E-state index contributed by atoms with van der Waals surface area (Å²) in [6.07, 6.45) is 91.3. The second kappa shape index (κ2) is 72.1. The number of esters is 2. The van der Waals surface area contributed by atoms with Gasteiger partial charge in [-0.3, -0.25) is 9.59 Å². The van der Waals surface area contributed by atoms with E-state index in [2.05, 4.69) is 62.5 Å². The maximum absolute atomic E-state index is 13.0. The van der Waals surface area contributed by atoms with E-state index in [-0.39, 0.29) is 38.2 Å². The number of nitrogens with zero attached hydrogens (tertiary/aromatic N) is 1. The van der Waals surface area contributed by atoms with Crippen molar-refractivity contribution in [2.45, 2.75) is 405 Å². The molecular weight excluding hydrogens is 1110 g/mol. The number of likely N-dealkylation sites (N-methyl/N-ethyl adjacent to an activating group) is 1. The molecule has 2 atom stereocenters. The highest BCUT2D eigenvalue weighted by Crippen LogP contribution is 2.20. The molecule has 0 saturated carbocycles. The molecule has 0 aliphatic rings. The molecule has 0 aromatic carbocycles. The fourth-order valence-corrected chi connectivity index (χ4v) is 11.9. The van der Waals surface area contributed by atoms with E-state index in [1.165, 1.54) is 302 Å². The molecule has 0 bridgehead atoms. The van der Waals surface area contributed by atoms with Gasteiger partial charge >= 0.3 is 17.9 Å². The second-order valence-corrected chi connectivity index (χ2v) is 28.0. The maximum atomic E-state index is 13.0. The molecule has 0 aliphatic heterocycles. The zero-order valence-electron chi connectivity index (χ0n) is 60.6. The van der Waals surface area contributed by atoms with Gasteiger partial charge < -0.3 is 28.5 Å². The number of unbranched alkanes of at least 4 members (excludes halogenated alkanes) is 51. The van der Waals surface area contributed by atoms with Crippen LogP contribution in [0.3, 0.4) is 0 Å². The third-order valence-corrected chi connectivity index (χ3v) is 17.8. The molecule has 9 heteroatoms. The molecule has 0 amide bonds. The second-order valence-electron chi connectivity index (χ2n) is 28.0. The highest BCUT2D eigenvalue weighted by molar-refractivity contribution is 5.71. The molecule has 2 unspecified atom stereocenters. The number of carboxylic acids is 1. The normalized spacial score (nSPS) is 12.9. The third kappa shape index (κ3) is 72.7. The molecule has 0 heterocycles. The summed E-state index contributed by atoms with van der Waals surface area (Å²) in [6.45, 7) is 4.84. The van der Waals surface area contributed by atoms with Crippen LogP contribution in [0.15, 0.2) is 48.6 Å². The molecule has 0 aromatic heterocycles. The summed E-state index contributed by atoms with van der Waals surface area (Å²) in [6, 6.07) is 0. The van der Waals surface area contributed by atoms with E-state index in [4.69, 9.17) is 18.9 Å². The van der Waals surface area contributed by atoms with Crippen LogP contribution in [0.4, 0.5) is 0 Å². The van der Waals surface area contributed by atoms with E-state index in [0.717, 1.165) is 64.2 Å². The van der Waals surface area contributed by atoms with Crippen molar-refractivity contribution in [3.05, 3.63) is 48.6 Å². The minimum atomic E-state index is -1.51. The SMILES string of the molecule is CC/C=C\C/C=C\C/C=C\C/C=C\CCCCCCCCCCCCCCCCC(=O)OC(COC(=O)CCCCCCCCCCCCCCCCCCCCCCCCCCCCCCCCCCCCCCCC)COC(OCC[N+](C)(C)C)C(=O)O. The first-order valence-corrected chi connectivity index (χ1v) is 39.3. The van der Waals surface area contributed by atoms with Gasteiger partial charge in [0.05, 0.1) is 34.4 Å². The largest absolute Gasteiger partial charge is 0.477 e. The first kappa shape index (κ1) is 87.2. The molecule has 0 aliphatic carbocycles. The Morgan fingerprint density at radius 1 is 0.344 bits per heavy atom. The first-order chi connectivity index (χ1) is 44.1. The molecule has 0 radical (unpaired) electrons. The Labute approximate surface area is 559 Å². The monoisotopic (exact) mass is 1270 g/mol. The molecule has 90 heavy (non-hydrogen) atoms. The van der Waals surface area contributed by atoms with Crippen molar-refractivity contribution in [2.24, 2.45) is 0 Å². The van der Waals surface area contributed by atoms with Gasteiger partial charge in [-0.05, 0) is 51.4 Å². The fraction of sp³-hybridized carbons (Fsp3) is 0.864. The predicted molar refractivity (Wildman–Crippen MR) is 387 cm³/mol. The number of ether oxygens (including phenoxy) is 4. The van der Waals surface area contributed by atoms with Gasteiger partial charge in [-0.15, -0.1) is 0 Å². The topological polar surface area (TPSA) is 108 Å². The van der Waals surface area contributed by atoms with Crippen molar-refractivity contribution in [3.63, 3.8) is 0 Å². The zero-order valence-corrected chi connectivity index (χ0v) is 60.6. The number of hydrogen-bond acceptors (Lipinski definition) is 7. The highest BCUT2D eigenvalue weighted by Gasteiger charge is 2.25. The Morgan fingerprint density at radius 2 is 0.633 bits per heavy atom. The van der Waals surface area contributed by atoms with Crippen LogP contribution in [0.25, 0.3) is 0 Å². The van der Waals surface area contributed by atoms with Crippen LogP contribution in [0.2, 0.25) is 0 Å². The van der Waals surface area contributed by atoms with E-state index in [0.29, 0.717) is 17.4 Å². The van der Waals surface area contributed by atoms with Crippen molar-refractivity contribution < 1.29 is 42.9 Å². The fourth-order valence-electron chi connectivity index (χ4n) is 11.9. The van der Waals surface area contributed by atoms with E-state index in [9.17, 15) is 19.5 Å². The van der Waals surface area contributed by atoms with Gasteiger partial charge in [-0.25, -0.2) is 4.79 Å². The van der Waals surface area contributed by atoms with Gasteiger partial charge in [-0.2, -0.15) is 0 Å². The van der Waals surface area contributed by atoms with E-state index in [1.54, 1.807) is 0 Å². The lowest BCUT2D eigenvalue weighted by Crippen LogP contribution is -2.40. The summed E-state index contributed by atoms with van der Waals surface area (Å²) in [7, 11) is 5.99. The predicted octanol–water partition coefficient (Wildman–Crippen LogP) is 24.9. The molecule has 9 nitrogen and oxygen atoms in total. The molecule has 0 spiro atoms. The number of aliphatic carboxylic acids is 1. The Morgan fingerprint density at radius 3 is 0.944 bits per heavy atom. The molecule has 1 N–H and O–H groups in total. The standard InChI is InChI=1S/C81H151NO8/c1-6-8-10-12-14-16-18-20-22-24-26-28-30-32-34-35-36-37-38-39-40-41-42-43-44-46-47-49-51-53-55-57-59-61-63-65-67-69-71-78(83)88-75-77(76-89-81(80(85)86)87-74-73-82(3,4)5)90-79(84)72-70-68-66-64-62-60-58-56-54-52-50-48-45-33-31-29-27-25-23-21-19-17-15-13-11-9-7-2/h9,11,15,17,21,23,27,29,77,81H,6-8,10,12-14,16,18-20,22,24-26,28,30-76H2,1-5H3/p+1/b11-9-,17-15-,23-21-,29-27-. The Bertz CT molecular complexity index is 1620. The number of carboxylic acid groups (broad SMARTS) is 1. The van der Waals surface area contributed by atoms with Crippen molar-refractivity contribution in [3.8, 4) is 0 Å². The van der Waals surface area contributed by atoms with Crippen LogP contribution in [0.5, 0.6) is 0 Å². The summed E-state index contributed by atoms with van der Waals surface area (Å²) >= 11 is 0. The number of hydrogen-bond donors (Lipinski definition) is 1. The highest BCUT2D eigenvalue weighted by atomic mass is 16.7. The molecule has 0 rings (SSSR count). The molecule has 0 saturated heterocycles. The quantitative estimate of drug-likeness (QED) is 0.0211. The van der Waals surface area contributed by atoms with Gasteiger partial charge in [0, 0.05) is 12.8 Å². The average Bonchev–Trinajstić information content (AvgIpc) is 3.74. The van der Waals surface area contributed by atoms with E-state index >= 15 is 0 Å². The van der Waals surface area contributed by atoms with Crippen molar-refractivity contribution in [1.82, 2.24) is 0 Å². The number of carbonyl (C=O) groups is 3. The average molecular weight is 1270 g/mol. The summed E-state index contributed by atoms with van der Waals surface area (Å²) in [5.41, 5.74) is 0. The third-order valence-electron chi connectivity index (χ3n) is 17.8. The van der Waals surface area contributed by atoms with Gasteiger partial charge in [0.1, 0.15) is 13.2 Å². The van der Waals surface area contributed by atoms with E-state index < -0.39 is 18.4 Å². The van der Waals surface area contributed by atoms with Crippen LogP contribution in [-0.4, -0.2) is 87.4 Å². The van der Waals surface area contributed by atoms with Crippen LogP contribution in [-0.2, 0) is 33.3 Å². The van der Waals surface area contributed by atoms with Crippen LogP contribution < -0.4 is 0 Å². The number of quaternary nitrogens is 1. The molecular formula is C81H152NO8+. The van der Waals surface area contributed by atoms with Crippen molar-refractivity contribution in [1.29, 1.82) is 0 Å². The molecule has 528 valence electrons. The van der Waals surface area contributed by atoms with Gasteiger partial charge in [0.25, 0.3) is 6.29 Å².